The maximum Gasteiger partial charge on any atom is 0.107 e. The molecule has 0 aliphatic heterocycles. The van der Waals surface area contributed by atoms with E-state index in [1.165, 1.54) is 15.6 Å². The van der Waals surface area contributed by atoms with E-state index in [4.69, 9.17) is 4.98 Å². The van der Waals surface area contributed by atoms with Crippen LogP contribution in [-0.2, 0) is 12.0 Å². The minimum atomic E-state index is 0.145. The molecule has 19 heavy (non-hydrogen) atoms. The van der Waals surface area contributed by atoms with Gasteiger partial charge in [-0.15, -0.1) is 22.7 Å². The third-order valence-electron chi connectivity index (χ3n) is 3.11. The zero-order valence-corrected chi connectivity index (χ0v) is 13.7. The molecule has 1 N–H and O–H groups in total. The van der Waals surface area contributed by atoms with E-state index < -0.39 is 0 Å². The highest BCUT2D eigenvalue weighted by molar-refractivity contribution is 7.10. The van der Waals surface area contributed by atoms with Gasteiger partial charge in [-0.2, -0.15) is 0 Å². The summed E-state index contributed by atoms with van der Waals surface area (Å²) in [7, 11) is 0. The lowest BCUT2D eigenvalue weighted by Gasteiger charge is -2.15. The first kappa shape index (κ1) is 14.7. The van der Waals surface area contributed by atoms with Gasteiger partial charge in [0, 0.05) is 28.3 Å². The zero-order valence-electron chi connectivity index (χ0n) is 12.1. The van der Waals surface area contributed by atoms with Crippen LogP contribution < -0.4 is 5.32 Å². The van der Waals surface area contributed by atoms with Crippen LogP contribution in [0.4, 0.5) is 0 Å². The Kier molecular flexibility index (Phi) is 4.76. The Morgan fingerprint density at radius 2 is 2.11 bits per heavy atom. The maximum atomic E-state index is 4.73. The van der Waals surface area contributed by atoms with Crippen molar-refractivity contribution in [2.24, 2.45) is 0 Å². The van der Waals surface area contributed by atoms with E-state index in [-0.39, 0.29) is 5.41 Å². The van der Waals surface area contributed by atoms with Crippen LogP contribution in [0.2, 0.25) is 0 Å². The van der Waals surface area contributed by atoms with Gasteiger partial charge in [-0.3, -0.25) is 0 Å². The fourth-order valence-corrected chi connectivity index (χ4v) is 3.74. The molecular weight excluding hydrogens is 272 g/mol. The average molecular weight is 294 g/mol. The molecule has 0 aliphatic carbocycles. The fraction of sp³-hybridized carbons (Fsp3) is 0.533. The average Bonchev–Trinajstić information content (AvgIpc) is 2.99. The highest BCUT2D eigenvalue weighted by Crippen LogP contribution is 2.25. The predicted molar refractivity (Wildman–Crippen MR) is 85.0 cm³/mol. The van der Waals surface area contributed by atoms with Crippen LogP contribution in [0.25, 0.3) is 0 Å². The minimum Gasteiger partial charge on any atom is -0.303 e. The number of hydrogen-bond donors (Lipinski definition) is 1. The van der Waals surface area contributed by atoms with Crippen LogP contribution in [0.1, 0.15) is 55.7 Å². The van der Waals surface area contributed by atoms with Crippen LogP contribution in [0.3, 0.4) is 0 Å². The number of nitrogens with zero attached hydrogens (tertiary/aromatic N) is 1. The Balaban J connectivity index is 1.96. The molecule has 0 saturated carbocycles. The molecule has 2 rings (SSSR count). The molecule has 0 amide bonds. The lowest BCUT2D eigenvalue weighted by molar-refractivity contribution is 0.521. The summed E-state index contributed by atoms with van der Waals surface area (Å²) in [4.78, 5) is 6.14. The molecule has 104 valence electrons. The van der Waals surface area contributed by atoms with Crippen molar-refractivity contribution >= 4 is 22.7 Å². The summed E-state index contributed by atoms with van der Waals surface area (Å²) < 4.78 is 0. The van der Waals surface area contributed by atoms with Gasteiger partial charge >= 0.3 is 0 Å². The van der Waals surface area contributed by atoms with Crippen molar-refractivity contribution in [1.82, 2.24) is 10.3 Å². The van der Waals surface area contributed by atoms with Gasteiger partial charge in [-0.1, -0.05) is 33.8 Å². The molecule has 0 aromatic carbocycles. The zero-order chi connectivity index (χ0) is 13.9. The van der Waals surface area contributed by atoms with Crippen molar-refractivity contribution in [3.63, 3.8) is 0 Å². The standard InChI is InChI=1S/C15H22N2S2/c1-5-11(12-7-6-8-18-12)16-9-14-17-13(10-19-14)15(2,3)4/h6-8,10-11,16H,5,9H2,1-4H3. The molecule has 2 aromatic heterocycles. The van der Waals surface area contributed by atoms with E-state index in [1.807, 2.05) is 11.3 Å². The third kappa shape index (κ3) is 3.88. The Morgan fingerprint density at radius 3 is 2.63 bits per heavy atom. The summed E-state index contributed by atoms with van der Waals surface area (Å²) in [6.07, 6.45) is 1.11. The van der Waals surface area contributed by atoms with E-state index in [0.29, 0.717) is 6.04 Å². The number of rotatable bonds is 5. The molecule has 2 heterocycles. The van der Waals surface area contributed by atoms with Gasteiger partial charge in [-0.05, 0) is 17.9 Å². The molecule has 1 atom stereocenters. The normalized spacial score (nSPS) is 13.7. The Labute approximate surface area is 123 Å². The summed E-state index contributed by atoms with van der Waals surface area (Å²) >= 11 is 3.58. The van der Waals surface area contributed by atoms with E-state index in [9.17, 15) is 0 Å². The predicted octanol–water partition coefficient (Wildman–Crippen LogP) is 4.74. The Hall–Kier alpha value is -0.710. The van der Waals surface area contributed by atoms with Gasteiger partial charge < -0.3 is 5.32 Å². The molecule has 4 heteroatoms. The van der Waals surface area contributed by atoms with Gasteiger partial charge in [0.2, 0.25) is 0 Å². The summed E-state index contributed by atoms with van der Waals surface area (Å²) in [5.74, 6) is 0. The maximum absolute atomic E-state index is 4.73. The van der Waals surface area contributed by atoms with Crippen molar-refractivity contribution in [2.75, 3.05) is 0 Å². The molecule has 0 saturated heterocycles. The second-order valence-electron chi connectivity index (χ2n) is 5.73. The third-order valence-corrected chi connectivity index (χ3v) is 4.95. The van der Waals surface area contributed by atoms with Gasteiger partial charge in [0.25, 0.3) is 0 Å². The molecule has 0 spiro atoms. The first-order chi connectivity index (χ1) is 9.00. The molecule has 0 fully saturated rings. The molecular formula is C15H22N2S2. The Bertz CT molecular complexity index is 494. The molecule has 2 nitrogen and oxygen atoms in total. The highest BCUT2D eigenvalue weighted by atomic mass is 32.1. The van der Waals surface area contributed by atoms with E-state index in [0.717, 1.165) is 13.0 Å². The van der Waals surface area contributed by atoms with Crippen molar-refractivity contribution in [3.05, 3.63) is 38.5 Å². The van der Waals surface area contributed by atoms with E-state index in [1.54, 1.807) is 11.3 Å². The van der Waals surface area contributed by atoms with Gasteiger partial charge in [0.1, 0.15) is 5.01 Å². The number of thiophene rings is 1. The monoisotopic (exact) mass is 294 g/mol. The topological polar surface area (TPSA) is 24.9 Å². The largest absolute Gasteiger partial charge is 0.303 e. The first-order valence-corrected chi connectivity index (χ1v) is 8.48. The number of thiazole rings is 1. The van der Waals surface area contributed by atoms with Crippen LogP contribution in [0, 0.1) is 0 Å². The molecule has 2 aromatic rings. The van der Waals surface area contributed by atoms with Crippen molar-refractivity contribution < 1.29 is 0 Å². The number of hydrogen-bond acceptors (Lipinski definition) is 4. The number of aromatic nitrogens is 1. The highest BCUT2D eigenvalue weighted by Gasteiger charge is 2.18. The second-order valence-corrected chi connectivity index (χ2v) is 7.66. The molecule has 0 aliphatic rings. The van der Waals surface area contributed by atoms with Crippen LogP contribution in [-0.4, -0.2) is 4.98 Å². The number of nitrogens with one attached hydrogen (secondary N) is 1. The van der Waals surface area contributed by atoms with Gasteiger partial charge in [0.15, 0.2) is 0 Å². The van der Waals surface area contributed by atoms with Crippen LogP contribution >= 0.6 is 22.7 Å². The van der Waals surface area contributed by atoms with Crippen LogP contribution in [0.15, 0.2) is 22.9 Å². The molecule has 0 radical (unpaired) electrons. The summed E-state index contributed by atoms with van der Waals surface area (Å²) in [5, 5.41) is 9.12. The summed E-state index contributed by atoms with van der Waals surface area (Å²) in [6.45, 7) is 9.70. The SMILES string of the molecule is CCC(NCc1nc(C(C)(C)C)cs1)c1cccs1. The quantitative estimate of drug-likeness (QED) is 0.861. The van der Waals surface area contributed by atoms with Crippen molar-refractivity contribution in [2.45, 2.75) is 52.1 Å². The van der Waals surface area contributed by atoms with E-state index >= 15 is 0 Å². The van der Waals surface area contributed by atoms with E-state index in [2.05, 4.69) is 55.9 Å². The minimum absolute atomic E-state index is 0.145. The summed E-state index contributed by atoms with van der Waals surface area (Å²) in [6, 6.07) is 4.77. The lowest BCUT2D eigenvalue weighted by Crippen LogP contribution is -2.19. The second kappa shape index (κ2) is 6.16. The molecule has 1 unspecified atom stereocenters. The molecule has 0 bridgehead atoms. The smallest absolute Gasteiger partial charge is 0.107 e. The summed E-state index contributed by atoms with van der Waals surface area (Å²) in [5.41, 5.74) is 1.34. The van der Waals surface area contributed by atoms with Crippen molar-refractivity contribution in [3.8, 4) is 0 Å². The first-order valence-electron chi connectivity index (χ1n) is 6.72. The van der Waals surface area contributed by atoms with Gasteiger partial charge in [-0.25, -0.2) is 4.98 Å². The lowest BCUT2D eigenvalue weighted by atomic mass is 9.93. The van der Waals surface area contributed by atoms with Crippen molar-refractivity contribution in [1.29, 1.82) is 0 Å². The fourth-order valence-electron chi connectivity index (χ4n) is 1.88. The Morgan fingerprint density at radius 1 is 1.32 bits per heavy atom. The van der Waals surface area contributed by atoms with Crippen LogP contribution in [0.5, 0.6) is 0 Å². The van der Waals surface area contributed by atoms with Gasteiger partial charge in [0.05, 0.1) is 5.69 Å².